The lowest BCUT2D eigenvalue weighted by Gasteiger charge is -2.51. The van der Waals surface area contributed by atoms with Gasteiger partial charge in [-0.25, -0.2) is 0 Å². The topological polar surface area (TPSA) is 29.3 Å². The fraction of sp³-hybridized carbons (Fsp3) is 0.733. The van der Waals surface area contributed by atoms with Crippen LogP contribution in [0, 0.1) is 0 Å². The van der Waals surface area contributed by atoms with Crippen molar-refractivity contribution in [2.75, 3.05) is 0 Å². The number of piperidine rings is 2. The predicted octanol–water partition coefficient (Wildman–Crippen LogP) is 3.02. The summed E-state index contributed by atoms with van der Waals surface area (Å²) in [6.45, 7) is 2.40. The van der Waals surface area contributed by atoms with Gasteiger partial charge in [0, 0.05) is 24.2 Å². The second-order valence-electron chi connectivity index (χ2n) is 6.10. The van der Waals surface area contributed by atoms with Crippen molar-refractivity contribution in [3.63, 3.8) is 0 Å². The lowest BCUT2D eigenvalue weighted by Crippen LogP contribution is -2.58. The Kier molecular flexibility index (Phi) is 3.73. The van der Waals surface area contributed by atoms with Crippen LogP contribution >= 0.6 is 11.3 Å². The van der Waals surface area contributed by atoms with Crippen LogP contribution in [0.15, 0.2) is 16.8 Å². The van der Waals surface area contributed by atoms with Crippen molar-refractivity contribution in [3.05, 3.63) is 22.4 Å². The van der Waals surface area contributed by atoms with Gasteiger partial charge in [0.05, 0.1) is 0 Å². The van der Waals surface area contributed by atoms with Gasteiger partial charge in [-0.15, -0.1) is 0 Å². The first-order valence-electron chi connectivity index (χ1n) is 7.28. The molecule has 1 aromatic heterocycles. The van der Waals surface area contributed by atoms with E-state index < -0.39 is 0 Å². The third kappa shape index (κ3) is 2.49. The molecule has 0 aliphatic carbocycles. The number of thiophene rings is 1. The Morgan fingerprint density at radius 2 is 2.11 bits per heavy atom. The lowest BCUT2D eigenvalue weighted by molar-refractivity contribution is 0.000619. The van der Waals surface area contributed by atoms with Gasteiger partial charge in [-0.05, 0) is 61.4 Å². The molecule has 2 aliphatic rings. The van der Waals surface area contributed by atoms with Gasteiger partial charge >= 0.3 is 0 Å². The highest BCUT2D eigenvalue weighted by Crippen LogP contribution is 2.35. The minimum Gasteiger partial charge on any atom is -0.328 e. The number of fused-ring (bicyclic) bond motifs is 2. The Labute approximate surface area is 114 Å². The molecule has 0 saturated carbocycles. The second kappa shape index (κ2) is 5.32. The van der Waals surface area contributed by atoms with Gasteiger partial charge in [-0.1, -0.05) is 6.42 Å². The van der Waals surface area contributed by atoms with Crippen molar-refractivity contribution in [1.29, 1.82) is 0 Å². The fourth-order valence-electron chi connectivity index (χ4n) is 4.03. The molecule has 2 bridgehead atoms. The van der Waals surface area contributed by atoms with E-state index in [0.29, 0.717) is 12.1 Å². The zero-order valence-electron chi connectivity index (χ0n) is 11.2. The molecule has 3 heterocycles. The summed E-state index contributed by atoms with van der Waals surface area (Å²) in [6, 6.07) is 4.89. The van der Waals surface area contributed by atoms with Gasteiger partial charge < -0.3 is 5.73 Å². The van der Waals surface area contributed by atoms with Gasteiger partial charge in [0.25, 0.3) is 0 Å². The summed E-state index contributed by atoms with van der Waals surface area (Å²) in [6.07, 6.45) is 7.75. The molecule has 2 N–H and O–H groups in total. The standard InChI is InChI=1S/C15H24N2S/c1-11(7-12-5-6-18-10-12)17-14-3-2-4-15(17)9-13(16)8-14/h5-6,10-11,13-15H,2-4,7-9,16H2,1H3. The summed E-state index contributed by atoms with van der Waals surface area (Å²) < 4.78 is 0. The van der Waals surface area contributed by atoms with Crippen molar-refractivity contribution in [1.82, 2.24) is 4.90 Å². The monoisotopic (exact) mass is 264 g/mol. The molecular formula is C15H24N2S. The van der Waals surface area contributed by atoms with Crippen molar-refractivity contribution in [3.8, 4) is 0 Å². The van der Waals surface area contributed by atoms with E-state index in [-0.39, 0.29) is 0 Å². The third-order valence-corrected chi connectivity index (χ3v) is 5.42. The summed E-state index contributed by atoms with van der Waals surface area (Å²) >= 11 is 1.81. The minimum absolute atomic E-state index is 0.449. The molecule has 3 unspecified atom stereocenters. The number of nitrogens with two attached hydrogens (primary N) is 1. The van der Waals surface area contributed by atoms with E-state index in [4.69, 9.17) is 5.73 Å². The van der Waals surface area contributed by atoms with Crippen LogP contribution in [0.25, 0.3) is 0 Å². The summed E-state index contributed by atoms with van der Waals surface area (Å²) in [7, 11) is 0. The smallest absolute Gasteiger partial charge is 0.0116 e. The van der Waals surface area contributed by atoms with E-state index in [1.807, 2.05) is 11.3 Å². The van der Waals surface area contributed by atoms with Crippen LogP contribution in [0.1, 0.15) is 44.6 Å². The molecule has 100 valence electrons. The average Bonchev–Trinajstić information content (AvgIpc) is 2.80. The quantitative estimate of drug-likeness (QED) is 0.909. The molecule has 3 rings (SSSR count). The van der Waals surface area contributed by atoms with Crippen LogP contribution in [0.5, 0.6) is 0 Å². The highest BCUT2D eigenvalue weighted by atomic mass is 32.1. The summed E-state index contributed by atoms with van der Waals surface area (Å²) in [4.78, 5) is 2.80. The lowest BCUT2D eigenvalue weighted by atomic mass is 9.80. The Hall–Kier alpha value is -0.380. The number of nitrogens with zero attached hydrogens (tertiary/aromatic N) is 1. The van der Waals surface area contributed by atoms with Crippen LogP contribution in [0.3, 0.4) is 0 Å². The van der Waals surface area contributed by atoms with E-state index in [2.05, 4.69) is 28.7 Å². The molecule has 2 saturated heterocycles. The zero-order valence-corrected chi connectivity index (χ0v) is 12.0. The van der Waals surface area contributed by atoms with Crippen molar-refractivity contribution in [2.24, 2.45) is 5.73 Å². The Bertz CT molecular complexity index is 362. The normalized spacial score (nSPS) is 34.4. The molecule has 18 heavy (non-hydrogen) atoms. The molecule has 0 radical (unpaired) electrons. The summed E-state index contributed by atoms with van der Waals surface area (Å²) in [5.74, 6) is 0. The van der Waals surface area contributed by atoms with Crippen LogP contribution in [-0.2, 0) is 6.42 Å². The van der Waals surface area contributed by atoms with Gasteiger partial charge in [0.2, 0.25) is 0 Å². The van der Waals surface area contributed by atoms with E-state index in [0.717, 1.165) is 12.1 Å². The van der Waals surface area contributed by atoms with Gasteiger partial charge in [-0.2, -0.15) is 11.3 Å². The molecular weight excluding hydrogens is 240 g/mol. The maximum atomic E-state index is 6.20. The molecule has 3 heteroatoms. The zero-order chi connectivity index (χ0) is 12.5. The molecule has 2 nitrogen and oxygen atoms in total. The number of rotatable bonds is 3. The predicted molar refractivity (Wildman–Crippen MR) is 78.0 cm³/mol. The first-order chi connectivity index (χ1) is 8.74. The minimum atomic E-state index is 0.449. The van der Waals surface area contributed by atoms with E-state index in [9.17, 15) is 0 Å². The number of hydrogen-bond acceptors (Lipinski definition) is 3. The van der Waals surface area contributed by atoms with Gasteiger partial charge in [0.15, 0.2) is 0 Å². The summed E-state index contributed by atoms with van der Waals surface area (Å²) in [5, 5.41) is 4.48. The van der Waals surface area contributed by atoms with Crippen molar-refractivity contribution < 1.29 is 0 Å². The average molecular weight is 264 g/mol. The molecule has 2 fully saturated rings. The van der Waals surface area contributed by atoms with Crippen LogP contribution in [0.2, 0.25) is 0 Å². The molecule has 3 atom stereocenters. The van der Waals surface area contributed by atoms with Gasteiger partial charge in [-0.3, -0.25) is 4.90 Å². The first-order valence-corrected chi connectivity index (χ1v) is 8.22. The maximum absolute atomic E-state index is 6.20. The Balaban J connectivity index is 1.70. The van der Waals surface area contributed by atoms with Crippen LogP contribution in [0.4, 0.5) is 0 Å². The highest BCUT2D eigenvalue weighted by Gasteiger charge is 2.39. The third-order valence-electron chi connectivity index (χ3n) is 4.69. The Morgan fingerprint density at radius 3 is 2.72 bits per heavy atom. The molecule has 0 spiro atoms. The van der Waals surface area contributed by atoms with Crippen molar-refractivity contribution >= 4 is 11.3 Å². The van der Waals surface area contributed by atoms with E-state index in [1.54, 1.807) is 0 Å². The van der Waals surface area contributed by atoms with Gasteiger partial charge in [0.1, 0.15) is 0 Å². The second-order valence-corrected chi connectivity index (χ2v) is 6.88. The van der Waals surface area contributed by atoms with Crippen molar-refractivity contribution in [2.45, 2.75) is 69.6 Å². The summed E-state index contributed by atoms with van der Waals surface area (Å²) in [5.41, 5.74) is 7.70. The first kappa shape index (κ1) is 12.6. The Morgan fingerprint density at radius 1 is 1.39 bits per heavy atom. The highest BCUT2D eigenvalue weighted by molar-refractivity contribution is 7.07. The SMILES string of the molecule is CC(Cc1ccsc1)N1C2CCCC1CC(N)C2. The largest absolute Gasteiger partial charge is 0.328 e. The molecule has 0 amide bonds. The number of hydrogen-bond donors (Lipinski definition) is 1. The maximum Gasteiger partial charge on any atom is 0.0116 e. The molecule has 2 aliphatic heterocycles. The van der Waals surface area contributed by atoms with Crippen LogP contribution in [-0.4, -0.2) is 29.1 Å². The van der Waals surface area contributed by atoms with E-state index in [1.165, 1.54) is 44.1 Å². The van der Waals surface area contributed by atoms with Crippen LogP contribution < -0.4 is 5.73 Å². The molecule has 1 aromatic rings. The molecule has 0 aromatic carbocycles. The fourth-order valence-corrected chi connectivity index (χ4v) is 4.72. The van der Waals surface area contributed by atoms with E-state index >= 15 is 0 Å².